The Morgan fingerprint density at radius 1 is 1.35 bits per heavy atom. The third-order valence-corrected chi connectivity index (χ3v) is 5.39. The molecule has 0 N–H and O–H groups in total. The number of carboxylic acid groups (broad SMARTS) is 1. The SMILES string of the molecule is CCOc1ccc2ccccc2c1/C=C1\SC(=S)N([C@@H](C)C(=O)[O-])C1=O. The monoisotopic (exact) mass is 386 g/mol. The van der Waals surface area contributed by atoms with Crippen molar-refractivity contribution in [2.75, 3.05) is 6.61 Å². The maximum atomic E-state index is 12.7. The van der Waals surface area contributed by atoms with Crippen LogP contribution in [-0.4, -0.2) is 33.7 Å². The molecule has 5 nitrogen and oxygen atoms in total. The molecule has 0 saturated carbocycles. The number of aliphatic carboxylic acids is 1. The number of carbonyl (C=O) groups is 2. The molecule has 1 atom stereocenters. The van der Waals surface area contributed by atoms with Crippen LogP contribution in [-0.2, 0) is 9.59 Å². The summed E-state index contributed by atoms with van der Waals surface area (Å²) in [6.07, 6.45) is 1.72. The standard InChI is InChI=1S/C19H17NO4S2/c1-3-24-15-9-8-12-6-4-5-7-13(12)14(15)10-16-17(21)20(19(25)26-16)11(2)18(22)23/h4-11H,3H2,1-2H3,(H,22,23)/p-1/b16-10-/t11-/m0/s1. The average molecular weight is 386 g/mol. The highest BCUT2D eigenvalue weighted by atomic mass is 32.2. The van der Waals surface area contributed by atoms with Gasteiger partial charge in [0, 0.05) is 5.56 Å². The van der Waals surface area contributed by atoms with Crippen molar-refractivity contribution in [3.63, 3.8) is 0 Å². The number of rotatable bonds is 5. The van der Waals surface area contributed by atoms with Gasteiger partial charge in [-0.15, -0.1) is 0 Å². The van der Waals surface area contributed by atoms with Gasteiger partial charge in [-0.1, -0.05) is 54.3 Å². The summed E-state index contributed by atoms with van der Waals surface area (Å²) < 4.78 is 5.92. The molecule has 3 rings (SSSR count). The number of nitrogens with zero attached hydrogens (tertiary/aromatic N) is 1. The van der Waals surface area contributed by atoms with Crippen molar-refractivity contribution in [2.45, 2.75) is 19.9 Å². The van der Waals surface area contributed by atoms with Crippen LogP contribution in [0, 0.1) is 0 Å². The predicted molar refractivity (Wildman–Crippen MR) is 105 cm³/mol. The second-order valence-corrected chi connectivity index (χ2v) is 7.35. The zero-order valence-electron chi connectivity index (χ0n) is 14.2. The van der Waals surface area contributed by atoms with Gasteiger partial charge in [0.2, 0.25) is 0 Å². The summed E-state index contributed by atoms with van der Waals surface area (Å²) in [6, 6.07) is 10.5. The summed E-state index contributed by atoms with van der Waals surface area (Å²) in [5.74, 6) is -1.13. The highest BCUT2D eigenvalue weighted by Crippen LogP contribution is 2.37. The Hall–Kier alpha value is -2.38. The van der Waals surface area contributed by atoms with E-state index in [0.29, 0.717) is 17.3 Å². The molecule has 2 aromatic rings. The van der Waals surface area contributed by atoms with E-state index < -0.39 is 17.9 Å². The van der Waals surface area contributed by atoms with Crippen LogP contribution < -0.4 is 9.84 Å². The molecular weight excluding hydrogens is 370 g/mol. The summed E-state index contributed by atoms with van der Waals surface area (Å²) >= 11 is 6.27. The van der Waals surface area contributed by atoms with E-state index in [4.69, 9.17) is 17.0 Å². The number of ether oxygens (including phenoxy) is 1. The van der Waals surface area contributed by atoms with Crippen LogP contribution in [0.5, 0.6) is 5.75 Å². The summed E-state index contributed by atoms with van der Waals surface area (Å²) in [5.41, 5.74) is 0.770. The molecule has 7 heteroatoms. The van der Waals surface area contributed by atoms with Gasteiger partial charge >= 0.3 is 0 Å². The van der Waals surface area contributed by atoms with Crippen molar-refractivity contribution in [1.82, 2.24) is 4.90 Å². The minimum atomic E-state index is -1.34. The first kappa shape index (κ1) is 18.4. The van der Waals surface area contributed by atoms with Crippen LogP contribution in [0.4, 0.5) is 0 Å². The van der Waals surface area contributed by atoms with Crippen LogP contribution in [0.25, 0.3) is 16.8 Å². The van der Waals surface area contributed by atoms with Gasteiger partial charge in [0.1, 0.15) is 10.1 Å². The number of carbonyl (C=O) groups excluding carboxylic acids is 2. The third-order valence-electron chi connectivity index (χ3n) is 4.06. The van der Waals surface area contributed by atoms with E-state index in [1.807, 2.05) is 43.3 Å². The largest absolute Gasteiger partial charge is 0.548 e. The van der Waals surface area contributed by atoms with Crippen LogP contribution in [0.2, 0.25) is 0 Å². The molecule has 1 heterocycles. The molecular formula is C19H16NO4S2-. The highest BCUT2D eigenvalue weighted by molar-refractivity contribution is 8.26. The Morgan fingerprint density at radius 2 is 2.08 bits per heavy atom. The van der Waals surface area contributed by atoms with Gasteiger partial charge in [0.15, 0.2) is 0 Å². The van der Waals surface area contributed by atoms with E-state index in [9.17, 15) is 14.7 Å². The quantitative estimate of drug-likeness (QED) is 0.581. The molecule has 2 aromatic carbocycles. The number of amides is 1. The smallest absolute Gasteiger partial charge is 0.266 e. The first-order valence-corrected chi connectivity index (χ1v) is 9.29. The summed E-state index contributed by atoms with van der Waals surface area (Å²) in [5, 5.41) is 13.1. The topological polar surface area (TPSA) is 69.7 Å². The highest BCUT2D eigenvalue weighted by Gasteiger charge is 2.36. The van der Waals surface area contributed by atoms with E-state index in [1.165, 1.54) is 6.92 Å². The van der Waals surface area contributed by atoms with Crippen molar-refractivity contribution in [3.05, 3.63) is 46.9 Å². The number of carboxylic acids is 1. The van der Waals surface area contributed by atoms with Gasteiger partial charge in [-0.05, 0) is 36.8 Å². The molecule has 0 bridgehead atoms. The predicted octanol–water partition coefficient (Wildman–Crippen LogP) is 2.58. The Kier molecular flexibility index (Phi) is 5.29. The first-order chi connectivity index (χ1) is 12.4. The number of thioether (sulfide) groups is 1. The van der Waals surface area contributed by atoms with E-state index in [0.717, 1.165) is 33.0 Å². The third kappa shape index (κ3) is 3.32. The molecule has 1 aliphatic heterocycles. The number of hydrogen-bond acceptors (Lipinski definition) is 6. The van der Waals surface area contributed by atoms with Crippen molar-refractivity contribution < 1.29 is 19.4 Å². The number of hydrogen-bond donors (Lipinski definition) is 0. The maximum absolute atomic E-state index is 12.7. The molecule has 1 fully saturated rings. The Bertz CT molecular complexity index is 938. The van der Waals surface area contributed by atoms with Crippen LogP contribution in [0.3, 0.4) is 0 Å². The Morgan fingerprint density at radius 3 is 2.77 bits per heavy atom. The summed E-state index contributed by atoms with van der Waals surface area (Å²) in [4.78, 5) is 25.3. The lowest BCUT2D eigenvalue weighted by molar-refractivity contribution is -0.309. The fourth-order valence-corrected chi connectivity index (χ4v) is 4.16. The van der Waals surface area contributed by atoms with Gasteiger partial charge in [0.05, 0.1) is 23.5 Å². The van der Waals surface area contributed by atoms with Crippen LogP contribution in [0.15, 0.2) is 41.3 Å². The molecule has 0 radical (unpaired) electrons. The molecule has 1 aliphatic rings. The summed E-state index contributed by atoms with van der Waals surface area (Å²) in [7, 11) is 0. The van der Waals surface area contributed by atoms with Gasteiger partial charge in [-0.25, -0.2) is 0 Å². The van der Waals surface area contributed by atoms with Crippen molar-refractivity contribution in [1.29, 1.82) is 0 Å². The van der Waals surface area contributed by atoms with Gasteiger partial charge in [0.25, 0.3) is 5.91 Å². The van der Waals surface area contributed by atoms with Crippen LogP contribution >= 0.6 is 24.0 Å². The van der Waals surface area contributed by atoms with Crippen molar-refractivity contribution in [3.8, 4) is 5.75 Å². The van der Waals surface area contributed by atoms with Crippen molar-refractivity contribution in [2.24, 2.45) is 0 Å². The van der Waals surface area contributed by atoms with E-state index in [-0.39, 0.29) is 4.32 Å². The van der Waals surface area contributed by atoms with E-state index in [2.05, 4.69) is 0 Å². The average Bonchev–Trinajstić information content (AvgIpc) is 2.90. The van der Waals surface area contributed by atoms with Crippen LogP contribution in [0.1, 0.15) is 19.4 Å². The lowest BCUT2D eigenvalue weighted by Gasteiger charge is -2.23. The maximum Gasteiger partial charge on any atom is 0.266 e. The minimum Gasteiger partial charge on any atom is -0.548 e. The molecule has 0 unspecified atom stereocenters. The molecule has 0 aromatic heterocycles. The lowest BCUT2D eigenvalue weighted by atomic mass is 10.0. The zero-order valence-corrected chi connectivity index (χ0v) is 15.9. The van der Waals surface area contributed by atoms with Gasteiger partial charge < -0.3 is 14.6 Å². The lowest BCUT2D eigenvalue weighted by Crippen LogP contribution is -2.48. The van der Waals surface area contributed by atoms with Gasteiger partial charge in [-0.2, -0.15) is 0 Å². The van der Waals surface area contributed by atoms with Crippen molar-refractivity contribution >= 4 is 57.0 Å². The molecule has 0 spiro atoms. The number of benzene rings is 2. The molecule has 1 amide bonds. The Labute approximate surface area is 160 Å². The number of thiocarbonyl (C=S) groups is 1. The first-order valence-electron chi connectivity index (χ1n) is 8.06. The second kappa shape index (κ2) is 7.47. The van der Waals surface area contributed by atoms with Gasteiger partial charge in [-0.3, -0.25) is 9.69 Å². The summed E-state index contributed by atoms with van der Waals surface area (Å²) in [6.45, 7) is 3.76. The molecule has 26 heavy (non-hydrogen) atoms. The van der Waals surface area contributed by atoms with E-state index >= 15 is 0 Å². The zero-order chi connectivity index (χ0) is 18.8. The second-order valence-electron chi connectivity index (χ2n) is 5.68. The Balaban J connectivity index is 2.10. The fraction of sp³-hybridized carbons (Fsp3) is 0.211. The van der Waals surface area contributed by atoms with E-state index in [1.54, 1.807) is 6.08 Å². The minimum absolute atomic E-state index is 0.205. The molecule has 0 aliphatic carbocycles. The number of fused-ring (bicyclic) bond motifs is 1. The fourth-order valence-electron chi connectivity index (χ4n) is 2.76. The normalized spacial score (nSPS) is 17.2. The molecule has 134 valence electrons. The molecule has 1 saturated heterocycles.